The van der Waals surface area contributed by atoms with Crippen molar-refractivity contribution in [3.05, 3.63) is 60.2 Å². The van der Waals surface area contributed by atoms with Gasteiger partial charge in [0, 0.05) is 13.1 Å². The molecule has 0 radical (unpaired) electrons. The SMILES string of the molecule is C[C@@H]1CCCC[C@H]1NC(=O)COC(=O)c1ccccc1S(=O)(=O)N(C)c1ccccc1. The number of hydrogen-bond acceptors (Lipinski definition) is 5. The first kappa shape index (κ1) is 22.8. The van der Waals surface area contributed by atoms with Crippen LogP contribution in [0.15, 0.2) is 59.5 Å². The molecule has 1 N–H and O–H groups in total. The Morgan fingerprint density at radius 2 is 1.68 bits per heavy atom. The van der Waals surface area contributed by atoms with E-state index in [0.717, 1.165) is 30.0 Å². The van der Waals surface area contributed by atoms with E-state index < -0.39 is 22.6 Å². The zero-order chi connectivity index (χ0) is 22.4. The Morgan fingerprint density at radius 1 is 1.03 bits per heavy atom. The Hall–Kier alpha value is -2.87. The van der Waals surface area contributed by atoms with Crippen LogP contribution in [0.2, 0.25) is 0 Å². The van der Waals surface area contributed by atoms with Gasteiger partial charge in [0.05, 0.1) is 11.3 Å². The molecule has 0 aliphatic heterocycles. The maximum atomic E-state index is 13.1. The summed E-state index contributed by atoms with van der Waals surface area (Å²) >= 11 is 0. The Morgan fingerprint density at radius 3 is 2.39 bits per heavy atom. The van der Waals surface area contributed by atoms with E-state index in [1.165, 1.54) is 19.2 Å². The lowest BCUT2D eigenvalue weighted by Gasteiger charge is -2.29. The van der Waals surface area contributed by atoms with Gasteiger partial charge in [0.1, 0.15) is 4.90 Å². The molecule has 0 unspecified atom stereocenters. The Kier molecular flexibility index (Phi) is 7.33. The molecule has 166 valence electrons. The average Bonchev–Trinajstić information content (AvgIpc) is 2.79. The largest absolute Gasteiger partial charge is 0.452 e. The van der Waals surface area contributed by atoms with Crippen molar-refractivity contribution in [3.8, 4) is 0 Å². The van der Waals surface area contributed by atoms with Crippen molar-refractivity contribution in [2.24, 2.45) is 5.92 Å². The number of carbonyl (C=O) groups excluding carboxylic acids is 2. The highest BCUT2D eigenvalue weighted by atomic mass is 32.2. The lowest BCUT2D eigenvalue weighted by atomic mass is 9.86. The first-order valence-electron chi connectivity index (χ1n) is 10.4. The Balaban J connectivity index is 1.70. The molecule has 0 aromatic heterocycles. The molecule has 0 heterocycles. The number of rotatable bonds is 7. The van der Waals surface area contributed by atoms with E-state index in [2.05, 4.69) is 12.2 Å². The van der Waals surface area contributed by atoms with Gasteiger partial charge in [-0.25, -0.2) is 13.2 Å². The van der Waals surface area contributed by atoms with Gasteiger partial charge in [0.2, 0.25) is 0 Å². The second-order valence-electron chi connectivity index (χ2n) is 7.82. The molecule has 3 rings (SSSR count). The van der Waals surface area contributed by atoms with Gasteiger partial charge in [-0.3, -0.25) is 9.10 Å². The number of benzene rings is 2. The van der Waals surface area contributed by atoms with E-state index in [0.29, 0.717) is 11.6 Å². The molecule has 0 bridgehead atoms. The minimum Gasteiger partial charge on any atom is -0.452 e. The van der Waals surface area contributed by atoms with Gasteiger partial charge in [-0.1, -0.05) is 50.1 Å². The van der Waals surface area contributed by atoms with Crippen LogP contribution in [0.5, 0.6) is 0 Å². The highest BCUT2D eigenvalue weighted by Gasteiger charge is 2.28. The zero-order valence-electron chi connectivity index (χ0n) is 17.8. The number of sulfonamides is 1. The number of nitrogens with zero attached hydrogens (tertiary/aromatic N) is 1. The average molecular weight is 445 g/mol. The van der Waals surface area contributed by atoms with Crippen LogP contribution in [0.1, 0.15) is 43.0 Å². The molecule has 1 saturated carbocycles. The molecule has 0 saturated heterocycles. The summed E-state index contributed by atoms with van der Waals surface area (Å²) in [5.74, 6) is -0.853. The monoisotopic (exact) mass is 444 g/mol. The van der Waals surface area contributed by atoms with Crippen molar-refractivity contribution in [2.75, 3.05) is 18.0 Å². The summed E-state index contributed by atoms with van der Waals surface area (Å²) in [6.07, 6.45) is 4.19. The van der Waals surface area contributed by atoms with Crippen molar-refractivity contribution >= 4 is 27.6 Å². The minimum absolute atomic E-state index is 0.0761. The van der Waals surface area contributed by atoms with Crippen LogP contribution in [0, 0.1) is 5.92 Å². The van der Waals surface area contributed by atoms with E-state index in [4.69, 9.17) is 4.74 Å². The molecule has 1 amide bonds. The van der Waals surface area contributed by atoms with Crippen molar-refractivity contribution < 1.29 is 22.7 Å². The van der Waals surface area contributed by atoms with Gasteiger partial charge in [-0.05, 0) is 43.0 Å². The highest BCUT2D eigenvalue weighted by Crippen LogP contribution is 2.25. The molecule has 2 aromatic carbocycles. The highest BCUT2D eigenvalue weighted by molar-refractivity contribution is 7.92. The first-order chi connectivity index (χ1) is 14.8. The predicted molar refractivity (Wildman–Crippen MR) is 118 cm³/mol. The number of nitrogens with one attached hydrogen (secondary N) is 1. The summed E-state index contributed by atoms with van der Waals surface area (Å²) in [6, 6.07) is 14.5. The van der Waals surface area contributed by atoms with E-state index in [1.54, 1.807) is 42.5 Å². The van der Waals surface area contributed by atoms with Crippen molar-refractivity contribution in [3.63, 3.8) is 0 Å². The van der Waals surface area contributed by atoms with Gasteiger partial charge >= 0.3 is 5.97 Å². The number of amides is 1. The minimum atomic E-state index is -4.00. The molecule has 1 aliphatic carbocycles. The van der Waals surface area contributed by atoms with Crippen LogP contribution in [0.4, 0.5) is 5.69 Å². The van der Waals surface area contributed by atoms with Crippen LogP contribution < -0.4 is 9.62 Å². The van der Waals surface area contributed by atoms with E-state index in [-0.39, 0.29) is 22.4 Å². The third-order valence-corrected chi connectivity index (χ3v) is 7.50. The summed E-state index contributed by atoms with van der Waals surface area (Å²) in [5, 5.41) is 2.92. The van der Waals surface area contributed by atoms with Gasteiger partial charge < -0.3 is 10.1 Å². The smallest absolute Gasteiger partial charge is 0.340 e. The lowest BCUT2D eigenvalue weighted by molar-refractivity contribution is -0.125. The van der Waals surface area contributed by atoms with Crippen LogP contribution >= 0.6 is 0 Å². The van der Waals surface area contributed by atoms with E-state index in [9.17, 15) is 18.0 Å². The molecule has 1 aliphatic rings. The molecule has 7 nitrogen and oxygen atoms in total. The standard InChI is InChI=1S/C23H28N2O5S/c1-17-10-6-8-14-20(17)24-22(26)16-30-23(27)19-13-7-9-15-21(19)31(28,29)25(2)18-11-4-3-5-12-18/h3-5,7,9,11-13,15,17,20H,6,8,10,14,16H2,1-2H3,(H,24,26)/t17-,20-/m1/s1. The first-order valence-corrected chi connectivity index (χ1v) is 11.8. The second kappa shape index (κ2) is 9.96. The number of para-hydroxylation sites is 1. The molecular formula is C23H28N2O5S. The maximum Gasteiger partial charge on any atom is 0.340 e. The third-order valence-electron chi connectivity index (χ3n) is 5.66. The molecular weight excluding hydrogens is 416 g/mol. The summed E-state index contributed by atoms with van der Waals surface area (Å²) in [7, 11) is -2.58. The molecule has 1 fully saturated rings. The maximum absolute atomic E-state index is 13.1. The van der Waals surface area contributed by atoms with Crippen LogP contribution in [0.25, 0.3) is 0 Å². The summed E-state index contributed by atoms with van der Waals surface area (Å²) in [5.41, 5.74) is 0.357. The lowest BCUT2D eigenvalue weighted by Crippen LogP contribution is -2.43. The molecule has 31 heavy (non-hydrogen) atoms. The molecule has 2 atom stereocenters. The van der Waals surface area contributed by atoms with Crippen molar-refractivity contribution in [1.82, 2.24) is 5.32 Å². The van der Waals surface area contributed by atoms with Crippen molar-refractivity contribution in [2.45, 2.75) is 43.5 Å². The molecule has 8 heteroatoms. The summed E-state index contributed by atoms with van der Waals surface area (Å²) in [6.45, 7) is 1.64. The van der Waals surface area contributed by atoms with Gasteiger partial charge in [0.15, 0.2) is 6.61 Å². The van der Waals surface area contributed by atoms with Crippen LogP contribution in [0.3, 0.4) is 0 Å². The quantitative estimate of drug-likeness (QED) is 0.661. The van der Waals surface area contributed by atoms with Crippen molar-refractivity contribution in [1.29, 1.82) is 0 Å². The number of carbonyl (C=O) groups is 2. The van der Waals surface area contributed by atoms with E-state index in [1.807, 2.05) is 0 Å². The normalized spacial score (nSPS) is 18.8. The van der Waals surface area contributed by atoms with Gasteiger partial charge in [0.25, 0.3) is 15.9 Å². The fourth-order valence-electron chi connectivity index (χ4n) is 3.77. The topological polar surface area (TPSA) is 92.8 Å². The van der Waals surface area contributed by atoms with Crippen LogP contribution in [-0.4, -0.2) is 40.0 Å². The number of ether oxygens (including phenoxy) is 1. The van der Waals surface area contributed by atoms with Gasteiger partial charge in [-0.2, -0.15) is 0 Å². The Bertz CT molecular complexity index is 1020. The fraction of sp³-hybridized carbons (Fsp3) is 0.391. The van der Waals surface area contributed by atoms with Crippen LogP contribution in [-0.2, 0) is 19.6 Å². The number of hydrogen-bond donors (Lipinski definition) is 1. The summed E-state index contributed by atoms with van der Waals surface area (Å²) < 4.78 is 32.5. The number of esters is 1. The second-order valence-corrected chi connectivity index (χ2v) is 9.75. The summed E-state index contributed by atoms with van der Waals surface area (Å²) in [4.78, 5) is 24.7. The Labute approximate surface area is 183 Å². The predicted octanol–water partition coefficient (Wildman–Crippen LogP) is 3.36. The number of anilines is 1. The van der Waals surface area contributed by atoms with E-state index >= 15 is 0 Å². The fourth-order valence-corrected chi connectivity index (χ4v) is 5.15. The zero-order valence-corrected chi connectivity index (χ0v) is 18.6. The molecule has 2 aromatic rings. The molecule has 0 spiro atoms. The third kappa shape index (κ3) is 5.44. The van der Waals surface area contributed by atoms with Gasteiger partial charge in [-0.15, -0.1) is 0 Å².